The number of hydrogen-bond donors (Lipinski definition) is 1. The second kappa shape index (κ2) is 8.53. The zero-order valence-corrected chi connectivity index (χ0v) is 14.6. The topological polar surface area (TPSA) is 48.3 Å². The Labute approximate surface area is 149 Å². The van der Waals surface area contributed by atoms with E-state index in [-0.39, 0.29) is 0 Å². The van der Waals surface area contributed by atoms with E-state index in [4.69, 9.17) is 4.74 Å². The molecule has 2 aromatic rings. The van der Waals surface area contributed by atoms with Gasteiger partial charge in [-0.2, -0.15) is 0 Å². The highest BCUT2D eigenvalue weighted by Crippen LogP contribution is 2.20. The summed E-state index contributed by atoms with van der Waals surface area (Å²) in [5.41, 5.74) is 2.97. The fourth-order valence-corrected chi connectivity index (χ4v) is 3.17. The summed E-state index contributed by atoms with van der Waals surface area (Å²) in [7, 11) is 1.69. The van der Waals surface area contributed by atoms with Crippen LogP contribution in [0.1, 0.15) is 12.0 Å². The van der Waals surface area contributed by atoms with Gasteiger partial charge in [-0.25, -0.2) is 0 Å². The highest BCUT2D eigenvalue weighted by Gasteiger charge is 2.18. The fraction of sp³-hybridized carbons (Fsp3) is 0.350. The van der Waals surface area contributed by atoms with Crippen LogP contribution in [0.5, 0.6) is 5.75 Å². The van der Waals surface area contributed by atoms with Gasteiger partial charge in [-0.15, -0.1) is 0 Å². The van der Waals surface area contributed by atoms with Crippen molar-refractivity contribution in [1.82, 2.24) is 4.90 Å². The number of anilines is 1. The van der Waals surface area contributed by atoms with Gasteiger partial charge in [0.25, 0.3) is 0 Å². The molecule has 0 aromatic heterocycles. The smallest absolute Gasteiger partial charge is 0.119 e. The Morgan fingerprint density at radius 3 is 2.28 bits per heavy atom. The molecular weight excluding hydrogens is 314 g/mol. The van der Waals surface area contributed by atoms with E-state index < -0.39 is 0 Å². The van der Waals surface area contributed by atoms with E-state index in [9.17, 15) is 5.21 Å². The molecule has 1 N–H and O–H groups in total. The molecule has 0 aliphatic carbocycles. The van der Waals surface area contributed by atoms with E-state index in [2.05, 4.69) is 27.1 Å². The highest BCUT2D eigenvalue weighted by atomic mass is 16.5. The van der Waals surface area contributed by atoms with Gasteiger partial charge in [-0.05, 0) is 29.8 Å². The Bertz CT molecular complexity index is 678. The number of oxime groups is 1. The normalized spacial score (nSPS) is 16.0. The minimum atomic E-state index is 0.748. The molecule has 5 nitrogen and oxygen atoms in total. The molecule has 1 saturated heterocycles. The van der Waals surface area contributed by atoms with Gasteiger partial charge >= 0.3 is 0 Å². The largest absolute Gasteiger partial charge is 0.497 e. The molecule has 132 valence electrons. The Morgan fingerprint density at radius 2 is 1.68 bits per heavy atom. The summed E-state index contributed by atoms with van der Waals surface area (Å²) in [5.74, 6) is 0.888. The first kappa shape index (κ1) is 17.3. The molecule has 1 fully saturated rings. The van der Waals surface area contributed by atoms with Gasteiger partial charge in [-0.1, -0.05) is 35.5 Å². The molecule has 0 saturated carbocycles. The first-order chi connectivity index (χ1) is 12.3. The van der Waals surface area contributed by atoms with E-state index in [1.54, 1.807) is 7.11 Å². The summed E-state index contributed by atoms with van der Waals surface area (Å²) in [4.78, 5) is 4.82. The Balaban J connectivity index is 1.49. The quantitative estimate of drug-likeness (QED) is 0.499. The summed E-state index contributed by atoms with van der Waals surface area (Å²) in [6.07, 6.45) is 0.753. The van der Waals surface area contributed by atoms with Crippen LogP contribution in [0.3, 0.4) is 0 Å². The van der Waals surface area contributed by atoms with Crippen LogP contribution in [-0.2, 0) is 0 Å². The van der Waals surface area contributed by atoms with Crippen molar-refractivity contribution < 1.29 is 9.94 Å². The van der Waals surface area contributed by atoms with Crippen LogP contribution in [0.15, 0.2) is 59.8 Å². The molecule has 0 bridgehead atoms. The molecule has 0 atom stereocenters. The Kier molecular flexibility index (Phi) is 5.90. The van der Waals surface area contributed by atoms with Gasteiger partial charge in [0.1, 0.15) is 5.75 Å². The van der Waals surface area contributed by atoms with Crippen LogP contribution >= 0.6 is 0 Å². The zero-order valence-electron chi connectivity index (χ0n) is 14.6. The third-order valence-electron chi connectivity index (χ3n) is 4.70. The van der Waals surface area contributed by atoms with E-state index in [1.807, 2.05) is 42.5 Å². The van der Waals surface area contributed by atoms with Gasteiger partial charge in [0, 0.05) is 44.8 Å². The summed E-state index contributed by atoms with van der Waals surface area (Å²) < 4.78 is 5.22. The predicted octanol–water partition coefficient (Wildman–Crippen LogP) is 3.09. The molecule has 0 unspecified atom stereocenters. The van der Waals surface area contributed by atoms with Crippen molar-refractivity contribution in [2.45, 2.75) is 6.42 Å². The van der Waals surface area contributed by atoms with Crippen LogP contribution in [0, 0.1) is 0 Å². The van der Waals surface area contributed by atoms with E-state index >= 15 is 0 Å². The second-order valence-corrected chi connectivity index (χ2v) is 6.19. The van der Waals surface area contributed by atoms with Gasteiger partial charge in [0.2, 0.25) is 0 Å². The maximum Gasteiger partial charge on any atom is 0.119 e. The lowest BCUT2D eigenvalue weighted by Gasteiger charge is -2.36. The van der Waals surface area contributed by atoms with Crippen molar-refractivity contribution in [3.63, 3.8) is 0 Å². The lowest BCUT2D eigenvalue weighted by atomic mass is 10.1. The fourth-order valence-electron chi connectivity index (χ4n) is 3.17. The number of piperazine rings is 1. The second-order valence-electron chi connectivity index (χ2n) is 6.19. The van der Waals surface area contributed by atoms with E-state index in [0.717, 1.165) is 56.2 Å². The minimum Gasteiger partial charge on any atom is -0.497 e. The Morgan fingerprint density at radius 1 is 1.00 bits per heavy atom. The maximum atomic E-state index is 9.29. The van der Waals surface area contributed by atoms with Crippen LogP contribution in [-0.4, -0.2) is 55.7 Å². The number of ether oxygens (including phenoxy) is 1. The van der Waals surface area contributed by atoms with Crippen molar-refractivity contribution in [2.24, 2.45) is 5.16 Å². The maximum absolute atomic E-state index is 9.29. The van der Waals surface area contributed by atoms with Gasteiger partial charge in [0.05, 0.1) is 12.8 Å². The molecular formula is C20H25N3O2. The van der Waals surface area contributed by atoms with Crippen LogP contribution in [0.4, 0.5) is 5.69 Å². The SMILES string of the molecule is COc1ccc(N2CCN(CC/C(=N\O)c3ccccc3)CC2)cc1. The van der Waals surface area contributed by atoms with Gasteiger partial charge in [0.15, 0.2) is 0 Å². The third-order valence-corrected chi connectivity index (χ3v) is 4.70. The summed E-state index contributed by atoms with van der Waals surface area (Å²) in [6.45, 7) is 4.94. The number of benzene rings is 2. The van der Waals surface area contributed by atoms with Crippen molar-refractivity contribution in [3.05, 3.63) is 60.2 Å². The number of hydrogen-bond acceptors (Lipinski definition) is 5. The van der Waals surface area contributed by atoms with Crippen LogP contribution in [0.25, 0.3) is 0 Å². The first-order valence-corrected chi connectivity index (χ1v) is 8.68. The standard InChI is InChI=1S/C20H25N3O2/c1-25-19-9-7-18(8-10-19)23-15-13-22(14-16-23)12-11-20(21-24)17-5-3-2-4-6-17/h2-10,24H,11-16H2,1H3/b21-20+. The van der Waals surface area contributed by atoms with E-state index in [0.29, 0.717) is 0 Å². The van der Waals surface area contributed by atoms with Crippen molar-refractivity contribution >= 4 is 11.4 Å². The van der Waals surface area contributed by atoms with Crippen molar-refractivity contribution in [1.29, 1.82) is 0 Å². The van der Waals surface area contributed by atoms with Crippen molar-refractivity contribution in [3.8, 4) is 5.75 Å². The third kappa shape index (κ3) is 4.51. The monoisotopic (exact) mass is 339 g/mol. The molecule has 0 radical (unpaired) electrons. The average Bonchev–Trinajstić information content (AvgIpc) is 2.70. The average molecular weight is 339 g/mol. The predicted molar refractivity (Wildman–Crippen MR) is 101 cm³/mol. The minimum absolute atomic E-state index is 0.748. The van der Waals surface area contributed by atoms with Crippen LogP contribution in [0.2, 0.25) is 0 Å². The Hall–Kier alpha value is -2.53. The molecule has 1 aliphatic heterocycles. The van der Waals surface area contributed by atoms with Crippen LogP contribution < -0.4 is 9.64 Å². The zero-order chi connectivity index (χ0) is 17.5. The molecule has 0 spiro atoms. The molecule has 5 heteroatoms. The number of rotatable bonds is 6. The number of nitrogens with zero attached hydrogens (tertiary/aromatic N) is 3. The molecule has 0 amide bonds. The molecule has 2 aromatic carbocycles. The van der Waals surface area contributed by atoms with E-state index in [1.165, 1.54) is 5.69 Å². The molecule has 1 heterocycles. The van der Waals surface area contributed by atoms with Crippen molar-refractivity contribution in [2.75, 3.05) is 44.7 Å². The number of methoxy groups -OCH3 is 1. The first-order valence-electron chi connectivity index (χ1n) is 8.68. The summed E-state index contributed by atoms with van der Waals surface area (Å²) in [5, 5.41) is 12.8. The lowest BCUT2D eigenvalue weighted by Crippen LogP contribution is -2.46. The summed E-state index contributed by atoms with van der Waals surface area (Å²) >= 11 is 0. The summed E-state index contributed by atoms with van der Waals surface area (Å²) in [6, 6.07) is 18.1. The molecule has 1 aliphatic rings. The van der Waals surface area contributed by atoms with Gasteiger partial charge < -0.3 is 14.8 Å². The highest BCUT2D eigenvalue weighted by molar-refractivity contribution is 6.00. The lowest BCUT2D eigenvalue weighted by molar-refractivity contribution is 0.262. The molecule has 25 heavy (non-hydrogen) atoms. The molecule has 3 rings (SSSR count). The van der Waals surface area contributed by atoms with Gasteiger partial charge in [-0.3, -0.25) is 4.90 Å².